The number of carbonyl (C=O) groups is 3. The van der Waals surface area contributed by atoms with Crippen molar-refractivity contribution in [3.8, 4) is 0 Å². The van der Waals surface area contributed by atoms with Crippen molar-refractivity contribution in [2.75, 3.05) is 19.8 Å². The molecule has 13 heteroatoms. The van der Waals surface area contributed by atoms with Gasteiger partial charge in [-0.25, -0.2) is 4.57 Å². The largest absolute Gasteiger partial charge is 0.480 e. The highest BCUT2D eigenvalue weighted by Crippen LogP contribution is 2.43. The van der Waals surface area contributed by atoms with Gasteiger partial charge in [-0.2, -0.15) is 0 Å². The van der Waals surface area contributed by atoms with Crippen molar-refractivity contribution in [3.05, 3.63) is 134 Å². The number of unbranched alkanes of at least 4 members (excludes halogenated alkanes) is 1. The predicted octanol–water partition coefficient (Wildman–Crippen LogP) is 10.4. The van der Waals surface area contributed by atoms with E-state index < -0.39 is 63.8 Å². The fraction of sp³-hybridized carbons (Fsp3) is 0.479. The van der Waals surface area contributed by atoms with Gasteiger partial charge in [0.1, 0.15) is 12.6 Å². The van der Waals surface area contributed by atoms with Crippen LogP contribution in [0.4, 0.5) is 0 Å². The van der Waals surface area contributed by atoms with Crippen LogP contribution >= 0.6 is 7.82 Å². The number of aliphatic carboxylic acids is 1. The molecule has 0 amide bonds. The predicted molar refractivity (Wildman–Crippen MR) is 245 cm³/mol. The molecule has 5 N–H and O–H groups in total. The molecular weight excluding hydrogens is 797 g/mol. The summed E-state index contributed by atoms with van der Waals surface area (Å²) in [6.45, 7) is 2.30. The maximum atomic E-state index is 12.6. The zero-order valence-corrected chi connectivity index (χ0v) is 37.2. The molecule has 0 aliphatic carbocycles. The highest BCUT2D eigenvalue weighted by atomic mass is 31.2. The number of hydrogen-bond donors (Lipinski definition) is 4. The first kappa shape index (κ1) is 56.6. The highest BCUT2D eigenvalue weighted by molar-refractivity contribution is 7.47. The molecule has 61 heavy (non-hydrogen) atoms. The van der Waals surface area contributed by atoms with E-state index in [1.54, 1.807) is 24.3 Å². The number of phosphoric acid groups is 1. The van der Waals surface area contributed by atoms with E-state index in [9.17, 15) is 28.9 Å². The van der Waals surface area contributed by atoms with E-state index in [0.717, 1.165) is 57.8 Å². The summed E-state index contributed by atoms with van der Waals surface area (Å²) in [6, 6.07) is -1.56. The number of aliphatic hydroxyl groups excluding tert-OH is 1. The van der Waals surface area contributed by atoms with E-state index in [0.29, 0.717) is 25.7 Å². The number of ether oxygens (including phenoxy) is 2. The van der Waals surface area contributed by atoms with E-state index in [2.05, 4.69) is 103 Å². The third kappa shape index (κ3) is 40.7. The third-order valence-corrected chi connectivity index (χ3v) is 8.94. The number of allylic oxidation sites excluding steroid dienone is 20. The third-order valence-electron chi connectivity index (χ3n) is 7.99. The van der Waals surface area contributed by atoms with E-state index in [4.69, 9.17) is 24.8 Å². The van der Waals surface area contributed by atoms with Crippen molar-refractivity contribution in [3.63, 3.8) is 0 Å². The molecule has 12 nitrogen and oxygen atoms in total. The topological polar surface area (TPSA) is 192 Å². The Morgan fingerprint density at radius 1 is 0.590 bits per heavy atom. The monoisotopic (exact) mass is 869 g/mol. The van der Waals surface area contributed by atoms with Crippen molar-refractivity contribution in [2.24, 2.45) is 5.73 Å². The average Bonchev–Trinajstić information content (AvgIpc) is 3.23. The summed E-state index contributed by atoms with van der Waals surface area (Å²) in [6.07, 6.45) is 52.8. The SMILES string of the molecule is CC/C=C\C/C=C\C/C=C\C/C=C\C=C/C(O)C/C=C\CCC(=O)OC[C@H](COP(=O)(O)OC[C@H](N)C(=O)O)OC(=O)CCC/C=C\C/C=C\C/C=C\C/C=C\C/C=C\CC. The Kier molecular flexibility index (Phi) is 38.0. The molecule has 0 aromatic carbocycles. The lowest BCUT2D eigenvalue weighted by molar-refractivity contribution is -0.161. The second-order valence-electron chi connectivity index (χ2n) is 13.6. The summed E-state index contributed by atoms with van der Waals surface area (Å²) in [7, 11) is -4.78. The molecule has 0 aliphatic rings. The van der Waals surface area contributed by atoms with Crippen LogP contribution in [0.1, 0.15) is 110 Å². The Morgan fingerprint density at radius 3 is 1.59 bits per heavy atom. The summed E-state index contributed by atoms with van der Waals surface area (Å²) in [5.74, 6) is -2.68. The first-order valence-electron chi connectivity index (χ1n) is 21.3. The van der Waals surface area contributed by atoms with E-state index in [1.165, 1.54) is 0 Å². The van der Waals surface area contributed by atoms with Crippen molar-refractivity contribution in [1.82, 2.24) is 0 Å². The number of rotatable bonds is 37. The Morgan fingerprint density at radius 2 is 1.07 bits per heavy atom. The fourth-order valence-corrected chi connectivity index (χ4v) is 5.46. The molecule has 0 rings (SSSR count). The molecule has 0 aromatic heterocycles. The average molecular weight is 870 g/mol. The van der Waals surface area contributed by atoms with Crippen LogP contribution in [0.3, 0.4) is 0 Å². The smallest absolute Gasteiger partial charge is 0.472 e. The van der Waals surface area contributed by atoms with Crippen molar-refractivity contribution in [2.45, 2.75) is 128 Å². The molecule has 0 spiro atoms. The molecule has 0 bridgehead atoms. The normalized spacial score (nSPS) is 15.5. The number of esters is 2. The lowest BCUT2D eigenvalue weighted by Crippen LogP contribution is -2.34. The van der Waals surface area contributed by atoms with E-state index in [1.807, 2.05) is 24.3 Å². The Bertz CT molecular complexity index is 1550. The summed E-state index contributed by atoms with van der Waals surface area (Å²) in [4.78, 5) is 45.9. The molecular formula is C48H72NO11P. The second-order valence-corrected chi connectivity index (χ2v) is 15.0. The van der Waals surface area contributed by atoms with Crippen LogP contribution in [0.15, 0.2) is 134 Å². The first-order valence-corrected chi connectivity index (χ1v) is 22.8. The summed E-state index contributed by atoms with van der Waals surface area (Å²) in [5.41, 5.74) is 5.32. The Balaban J connectivity index is 4.71. The molecule has 0 saturated heterocycles. The minimum absolute atomic E-state index is 0.00611. The summed E-state index contributed by atoms with van der Waals surface area (Å²) in [5, 5.41) is 19.1. The van der Waals surface area contributed by atoms with Crippen LogP contribution in [-0.2, 0) is 37.5 Å². The fourth-order valence-electron chi connectivity index (χ4n) is 4.68. The Labute approximate surface area is 365 Å². The maximum absolute atomic E-state index is 12.6. The lowest BCUT2D eigenvalue weighted by Gasteiger charge is -2.20. The van der Waals surface area contributed by atoms with Gasteiger partial charge in [0.15, 0.2) is 6.10 Å². The number of carboxylic acids is 1. The standard InChI is InChI=1S/C48H72NO11P/c1-3-5-7-9-11-13-15-17-18-19-20-22-24-26-28-30-34-39-47(52)60-44(41-58-61(55,56)59-42-45(49)48(53)54)40-57-46(51)38-35-31-33-37-43(50)36-32-29-27-25-23-21-16-14-12-10-8-6-4-2/h5-8,11-14,17-18,20-23,26-29,31-33,36,43-45,50H,3-4,9-10,15-16,19,24-25,30,34-35,37-42,49H2,1-2H3,(H,53,54)(H,55,56)/b7-5-,8-6-,13-11-,14-12-,18-17-,22-20-,23-21-,28-26-,29-27-,33-31-,36-32-/t43?,44-,45+/m1/s1. The van der Waals surface area contributed by atoms with Gasteiger partial charge >= 0.3 is 25.7 Å². The van der Waals surface area contributed by atoms with Gasteiger partial charge in [-0.05, 0) is 83.5 Å². The second kappa shape index (κ2) is 41.0. The Hall–Kier alpha value is -4.42. The van der Waals surface area contributed by atoms with Crippen LogP contribution < -0.4 is 5.73 Å². The zero-order valence-electron chi connectivity index (χ0n) is 36.3. The number of carboxylic acid groups (broad SMARTS) is 1. The molecule has 0 aromatic rings. The van der Waals surface area contributed by atoms with Gasteiger partial charge < -0.3 is 30.3 Å². The molecule has 2 unspecified atom stereocenters. The molecule has 4 atom stereocenters. The van der Waals surface area contributed by atoms with Crippen LogP contribution in [-0.4, -0.2) is 71.1 Å². The van der Waals surface area contributed by atoms with Gasteiger partial charge in [0.05, 0.1) is 19.3 Å². The number of nitrogens with two attached hydrogens (primary N) is 1. The van der Waals surface area contributed by atoms with Crippen LogP contribution in [0.25, 0.3) is 0 Å². The zero-order chi connectivity index (χ0) is 45.1. The van der Waals surface area contributed by atoms with Crippen LogP contribution in [0.2, 0.25) is 0 Å². The molecule has 340 valence electrons. The molecule has 0 fully saturated rings. The van der Waals surface area contributed by atoms with Gasteiger partial charge in [-0.3, -0.25) is 23.4 Å². The molecule has 0 heterocycles. The van der Waals surface area contributed by atoms with Crippen LogP contribution in [0.5, 0.6) is 0 Å². The summed E-state index contributed by atoms with van der Waals surface area (Å²) < 4.78 is 32.5. The molecule has 0 aliphatic heterocycles. The lowest BCUT2D eigenvalue weighted by atomic mass is 10.2. The highest BCUT2D eigenvalue weighted by Gasteiger charge is 2.28. The number of hydrogen-bond acceptors (Lipinski definition) is 10. The number of aliphatic hydroxyl groups is 1. The molecule has 0 radical (unpaired) electrons. The number of phosphoric ester groups is 1. The van der Waals surface area contributed by atoms with Gasteiger partial charge in [0.25, 0.3) is 0 Å². The summed E-state index contributed by atoms with van der Waals surface area (Å²) >= 11 is 0. The van der Waals surface area contributed by atoms with Crippen molar-refractivity contribution in [1.29, 1.82) is 0 Å². The van der Waals surface area contributed by atoms with Crippen molar-refractivity contribution >= 4 is 25.7 Å². The quantitative estimate of drug-likeness (QED) is 0.0152. The minimum Gasteiger partial charge on any atom is -0.480 e. The maximum Gasteiger partial charge on any atom is 0.472 e. The van der Waals surface area contributed by atoms with Crippen LogP contribution in [0, 0.1) is 0 Å². The van der Waals surface area contributed by atoms with Crippen molar-refractivity contribution < 1.29 is 52.6 Å². The van der Waals surface area contributed by atoms with Gasteiger partial charge in [-0.15, -0.1) is 0 Å². The van der Waals surface area contributed by atoms with E-state index >= 15 is 0 Å². The minimum atomic E-state index is -4.78. The van der Waals surface area contributed by atoms with E-state index in [-0.39, 0.29) is 12.8 Å². The number of carbonyl (C=O) groups excluding carboxylic acids is 2. The van der Waals surface area contributed by atoms with Gasteiger partial charge in [0.2, 0.25) is 0 Å². The van der Waals surface area contributed by atoms with Gasteiger partial charge in [-0.1, -0.05) is 148 Å². The first-order chi connectivity index (χ1) is 29.5. The van der Waals surface area contributed by atoms with Gasteiger partial charge in [0, 0.05) is 12.8 Å². The molecule has 0 saturated carbocycles.